The predicted molar refractivity (Wildman–Crippen MR) is 119 cm³/mol. The molecule has 0 aliphatic rings. The summed E-state index contributed by atoms with van der Waals surface area (Å²) >= 11 is 1.47. The number of aryl methyl sites for hydroxylation is 2. The van der Waals surface area contributed by atoms with Crippen molar-refractivity contribution in [3.05, 3.63) is 89.9 Å². The maximum absolute atomic E-state index is 12.3. The average molecular weight is 401 g/mol. The number of anilines is 1. The van der Waals surface area contributed by atoms with Gasteiger partial charge in [0, 0.05) is 11.6 Å². The molecule has 0 radical (unpaired) electrons. The van der Waals surface area contributed by atoms with Gasteiger partial charge in [-0.2, -0.15) is 0 Å². The van der Waals surface area contributed by atoms with E-state index in [1.807, 2.05) is 0 Å². The SMILES string of the molecule is Cc1ccc(-c2nc(NC(=O)/C=C/c3ccco3)sc2-c2ccc(C)cc2)cc1. The smallest absolute Gasteiger partial charge is 0.250 e. The molecule has 4 aromatic rings. The van der Waals surface area contributed by atoms with Crippen molar-refractivity contribution in [2.45, 2.75) is 13.8 Å². The van der Waals surface area contributed by atoms with Gasteiger partial charge in [-0.3, -0.25) is 10.1 Å². The number of thiazole rings is 1. The summed E-state index contributed by atoms with van der Waals surface area (Å²) in [6.07, 6.45) is 4.64. The Labute approximate surface area is 173 Å². The van der Waals surface area contributed by atoms with Crippen molar-refractivity contribution in [2.24, 2.45) is 0 Å². The number of carbonyl (C=O) groups is 1. The molecule has 4 rings (SSSR count). The lowest BCUT2D eigenvalue weighted by molar-refractivity contribution is -0.111. The third-order valence-electron chi connectivity index (χ3n) is 4.44. The zero-order chi connectivity index (χ0) is 20.2. The molecule has 0 atom stereocenters. The Hall–Kier alpha value is -3.44. The van der Waals surface area contributed by atoms with E-state index >= 15 is 0 Å². The zero-order valence-electron chi connectivity index (χ0n) is 16.2. The van der Waals surface area contributed by atoms with Crippen LogP contribution in [0.3, 0.4) is 0 Å². The topological polar surface area (TPSA) is 55.1 Å². The molecule has 2 aromatic carbocycles. The summed E-state index contributed by atoms with van der Waals surface area (Å²) in [6.45, 7) is 4.12. The van der Waals surface area contributed by atoms with E-state index in [2.05, 4.69) is 67.7 Å². The van der Waals surface area contributed by atoms with Crippen LogP contribution in [0.5, 0.6) is 0 Å². The van der Waals surface area contributed by atoms with E-state index in [0.717, 1.165) is 21.7 Å². The largest absolute Gasteiger partial charge is 0.465 e. The molecule has 0 saturated heterocycles. The normalized spacial score (nSPS) is 11.1. The van der Waals surface area contributed by atoms with E-state index < -0.39 is 0 Å². The number of rotatable bonds is 5. The third kappa shape index (κ3) is 4.52. The maximum Gasteiger partial charge on any atom is 0.250 e. The average Bonchev–Trinajstić information content (AvgIpc) is 3.38. The van der Waals surface area contributed by atoms with Crippen LogP contribution in [0, 0.1) is 13.8 Å². The van der Waals surface area contributed by atoms with Gasteiger partial charge in [0.25, 0.3) is 0 Å². The third-order valence-corrected chi connectivity index (χ3v) is 5.46. The van der Waals surface area contributed by atoms with Gasteiger partial charge in [-0.05, 0) is 37.6 Å². The molecule has 0 saturated carbocycles. The van der Waals surface area contributed by atoms with Gasteiger partial charge in [0.15, 0.2) is 5.13 Å². The number of furan rings is 1. The summed E-state index contributed by atoms with van der Waals surface area (Å²) in [5.41, 5.74) is 5.36. The lowest BCUT2D eigenvalue weighted by Crippen LogP contribution is -2.07. The number of amides is 1. The number of carbonyl (C=O) groups excluding carboxylic acids is 1. The van der Waals surface area contributed by atoms with Gasteiger partial charge in [-0.25, -0.2) is 4.98 Å². The van der Waals surface area contributed by atoms with Crippen LogP contribution in [0.25, 0.3) is 27.8 Å². The van der Waals surface area contributed by atoms with Crippen molar-refractivity contribution in [1.82, 2.24) is 4.98 Å². The number of nitrogens with zero attached hydrogens (tertiary/aromatic N) is 1. The van der Waals surface area contributed by atoms with Crippen LogP contribution in [-0.2, 0) is 4.79 Å². The van der Waals surface area contributed by atoms with Crippen LogP contribution < -0.4 is 5.32 Å². The molecule has 1 amide bonds. The molecule has 2 aromatic heterocycles. The standard InChI is InChI=1S/C24H20N2O2S/c1-16-5-9-18(10-6-16)22-23(19-11-7-17(2)8-12-19)29-24(26-22)25-21(27)14-13-20-4-3-15-28-20/h3-15H,1-2H3,(H,25,26,27)/b14-13+. The second-order valence-corrected chi connectivity index (χ2v) is 7.77. The first-order valence-corrected chi connectivity index (χ1v) is 10.1. The van der Waals surface area contributed by atoms with Gasteiger partial charge in [0.1, 0.15) is 5.76 Å². The highest BCUT2D eigenvalue weighted by atomic mass is 32.1. The predicted octanol–water partition coefficient (Wildman–Crippen LogP) is 6.34. The van der Waals surface area contributed by atoms with Crippen molar-refractivity contribution in [2.75, 3.05) is 5.32 Å². The van der Waals surface area contributed by atoms with Crippen LogP contribution in [-0.4, -0.2) is 10.9 Å². The lowest BCUT2D eigenvalue weighted by Gasteiger charge is -2.04. The fraction of sp³-hybridized carbons (Fsp3) is 0.0833. The van der Waals surface area contributed by atoms with E-state index in [4.69, 9.17) is 9.40 Å². The van der Waals surface area contributed by atoms with Crippen LogP contribution in [0.15, 0.2) is 77.4 Å². The molecular weight excluding hydrogens is 380 g/mol. The molecule has 0 aliphatic carbocycles. The first-order valence-electron chi connectivity index (χ1n) is 9.26. The van der Waals surface area contributed by atoms with Crippen LogP contribution in [0.1, 0.15) is 16.9 Å². The Morgan fingerprint density at radius 1 is 0.966 bits per heavy atom. The van der Waals surface area contributed by atoms with Crippen LogP contribution in [0.2, 0.25) is 0 Å². The minimum Gasteiger partial charge on any atom is -0.465 e. The monoisotopic (exact) mass is 400 g/mol. The first kappa shape index (κ1) is 18.9. The molecule has 1 N–H and O–H groups in total. The summed E-state index contributed by atoms with van der Waals surface area (Å²) in [4.78, 5) is 18.1. The Bertz CT molecular complexity index is 1080. The Balaban J connectivity index is 1.66. The Morgan fingerprint density at radius 3 is 2.24 bits per heavy atom. The molecule has 0 bridgehead atoms. The van der Waals surface area contributed by atoms with E-state index in [1.165, 1.54) is 28.5 Å². The summed E-state index contributed by atoms with van der Waals surface area (Å²) in [5, 5.41) is 3.43. The number of nitrogens with one attached hydrogen (secondary N) is 1. The first-order chi connectivity index (χ1) is 14.1. The molecule has 0 aliphatic heterocycles. The molecule has 5 heteroatoms. The molecule has 4 nitrogen and oxygen atoms in total. The molecule has 0 spiro atoms. The molecule has 29 heavy (non-hydrogen) atoms. The van der Waals surface area contributed by atoms with Gasteiger partial charge >= 0.3 is 0 Å². The minimum atomic E-state index is -0.249. The van der Waals surface area contributed by atoms with Crippen molar-refractivity contribution in [3.8, 4) is 21.7 Å². The van der Waals surface area contributed by atoms with Gasteiger partial charge in [-0.15, -0.1) is 0 Å². The highest BCUT2D eigenvalue weighted by molar-refractivity contribution is 7.19. The van der Waals surface area contributed by atoms with E-state index in [0.29, 0.717) is 10.9 Å². The van der Waals surface area contributed by atoms with Crippen LogP contribution >= 0.6 is 11.3 Å². The Morgan fingerprint density at radius 2 is 1.62 bits per heavy atom. The second kappa shape index (κ2) is 8.29. The molecule has 0 unspecified atom stereocenters. The van der Waals surface area contributed by atoms with Crippen molar-refractivity contribution < 1.29 is 9.21 Å². The molecular formula is C24H20N2O2S. The van der Waals surface area contributed by atoms with E-state index in [1.54, 1.807) is 24.5 Å². The number of aromatic nitrogens is 1. The lowest BCUT2D eigenvalue weighted by atomic mass is 10.0. The van der Waals surface area contributed by atoms with Gasteiger partial charge in [0.05, 0.1) is 16.8 Å². The summed E-state index contributed by atoms with van der Waals surface area (Å²) in [5.74, 6) is 0.376. The highest BCUT2D eigenvalue weighted by Crippen LogP contribution is 2.39. The second-order valence-electron chi connectivity index (χ2n) is 6.77. The number of hydrogen-bond acceptors (Lipinski definition) is 4. The number of hydrogen-bond donors (Lipinski definition) is 1. The quantitative estimate of drug-likeness (QED) is 0.398. The molecule has 0 fully saturated rings. The highest BCUT2D eigenvalue weighted by Gasteiger charge is 2.16. The fourth-order valence-electron chi connectivity index (χ4n) is 2.87. The Kier molecular flexibility index (Phi) is 5.40. The zero-order valence-corrected chi connectivity index (χ0v) is 17.0. The van der Waals surface area contributed by atoms with Crippen molar-refractivity contribution in [1.29, 1.82) is 0 Å². The van der Waals surface area contributed by atoms with Crippen molar-refractivity contribution >= 4 is 28.5 Å². The maximum atomic E-state index is 12.3. The van der Waals surface area contributed by atoms with Gasteiger partial charge < -0.3 is 4.42 Å². The summed E-state index contributed by atoms with van der Waals surface area (Å²) in [6, 6.07) is 20.2. The van der Waals surface area contributed by atoms with E-state index in [-0.39, 0.29) is 5.91 Å². The van der Waals surface area contributed by atoms with E-state index in [9.17, 15) is 4.79 Å². The summed E-state index contributed by atoms with van der Waals surface area (Å²) in [7, 11) is 0. The van der Waals surface area contributed by atoms with Crippen LogP contribution in [0.4, 0.5) is 5.13 Å². The molecule has 2 heterocycles. The fourth-order valence-corrected chi connectivity index (χ4v) is 3.87. The van der Waals surface area contributed by atoms with Crippen molar-refractivity contribution in [3.63, 3.8) is 0 Å². The minimum absolute atomic E-state index is 0.249. The van der Waals surface area contributed by atoms with Gasteiger partial charge in [-0.1, -0.05) is 71.0 Å². The van der Waals surface area contributed by atoms with Gasteiger partial charge in [0.2, 0.25) is 5.91 Å². The number of benzene rings is 2. The molecule has 144 valence electrons. The summed E-state index contributed by atoms with van der Waals surface area (Å²) < 4.78 is 5.21.